The molecule has 25 heavy (non-hydrogen) atoms. The molecule has 1 aliphatic carbocycles. The number of amides is 1. The lowest BCUT2D eigenvalue weighted by Gasteiger charge is -2.25. The van der Waals surface area contributed by atoms with Crippen LogP contribution in [0, 0.1) is 11.3 Å². The fourth-order valence-electron chi connectivity index (χ4n) is 4.24. The Morgan fingerprint density at radius 1 is 1.32 bits per heavy atom. The van der Waals surface area contributed by atoms with Crippen molar-refractivity contribution in [2.24, 2.45) is 11.3 Å². The summed E-state index contributed by atoms with van der Waals surface area (Å²) in [7, 11) is -2.10. The lowest BCUT2D eigenvalue weighted by Crippen LogP contribution is -2.35. The molecule has 2 fully saturated rings. The molecule has 8 heteroatoms. The van der Waals surface area contributed by atoms with Gasteiger partial charge >= 0.3 is 0 Å². The lowest BCUT2D eigenvalue weighted by atomic mass is 9.91. The number of anilines is 1. The monoisotopic (exact) mass is 385 g/mol. The molecule has 3 aliphatic rings. The number of halogens is 1. The van der Waals surface area contributed by atoms with Crippen LogP contribution in [-0.2, 0) is 21.2 Å². The number of sulfonamides is 1. The van der Waals surface area contributed by atoms with Crippen molar-refractivity contribution in [3.8, 4) is 0 Å². The Morgan fingerprint density at radius 3 is 2.72 bits per heavy atom. The first-order chi connectivity index (χ1) is 11.5. The molecule has 0 aromatic heterocycles. The predicted octanol–water partition coefficient (Wildman–Crippen LogP) is 1.30. The lowest BCUT2D eigenvalue weighted by molar-refractivity contribution is -0.120. The van der Waals surface area contributed by atoms with Gasteiger partial charge in [0, 0.05) is 18.2 Å². The molecule has 6 nitrogen and oxygen atoms in total. The Balaban J connectivity index is 0.00000182. The van der Waals surface area contributed by atoms with E-state index in [2.05, 4.69) is 10.0 Å². The Hall–Kier alpha value is -1.15. The van der Waals surface area contributed by atoms with Crippen molar-refractivity contribution < 1.29 is 13.2 Å². The molecule has 1 saturated heterocycles. The zero-order valence-electron chi connectivity index (χ0n) is 14.2. The average Bonchev–Trinajstić information content (AvgIpc) is 3.11. The number of piperidine rings is 1. The maximum Gasteiger partial charge on any atom is 0.240 e. The molecule has 0 bridgehead atoms. The normalized spacial score (nSPS) is 23.9. The van der Waals surface area contributed by atoms with Gasteiger partial charge in [-0.05, 0) is 68.9 Å². The van der Waals surface area contributed by atoms with Crippen LogP contribution in [0.1, 0.15) is 24.8 Å². The molecule has 1 atom stereocenters. The van der Waals surface area contributed by atoms with Crippen LogP contribution in [-0.4, -0.2) is 41.0 Å². The summed E-state index contributed by atoms with van der Waals surface area (Å²) >= 11 is 0. The number of hydrogen-bond acceptors (Lipinski definition) is 4. The van der Waals surface area contributed by atoms with Crippen LogP contribution < -0.4 is 14.9 Å². The summed E-state index contributed by atoms with van der Waals surface area (Å²) in [5.41, 5.74) is 2.02. The van der Waals surface area contributed by atoms with Crippen LogP contribution in [0.15, 0.2) is 23.1 Å². The number of rotatable bonds is 3. The number of nitrogens with zero attached hydrogens (tertiary/aromatic N) is 1. The molecule has 2 heterocycles. The summed E-state index contributed by atoms with van der Waals surface area (Å²) in [6.45, 7) is 2.64. The molecule has 2 N–H and O–H groups in total. The highest BCUT2D eigenvalue weighted by Gasteiger charge is 2.59. The standard InChI is InChI=1S/C17H23N3O3S.ClH/c1-18-24(22,23)13-3-2-12-4-9-20(15(12)10-13)16(21)14-11-17(14)5-7-19-8-6-17;/h2-3,10,14,18-19H,4-9,11H2,1H3;1H. The zero-order valence-corrected chi connectivity index (χ0v) is 15.9. The van der Waals surface area contributed by atoms with E-state index in [1.54, 1.807) is 12.1 Å². The van der Waals surface area contributed by atoms with Crippen molar-refractivity contribution >= 4 is 34.0 Å². The van der Waals surface area contributed by atoms with Gasteiger partial charge in [-0.2, -0.15) is 0 Å². The van der Waals surface area contributed by atoms with Gasteiger partial charge in [0.15, 0.2) is 0 Å². The highest BCUT2D eigenvalue weighted by molar-refractivity contribution is 7.89. The summed E-state index contributed by atoms with van der Waals surface area (Å²) in [5, 5.41) is 3.36. The van der Waals surface area contributed by atoms with Gasteiger partial charge in [-0.3, -0.25) is 4.79 Å². The van der Waals surface area contributed by atoms with Gasteiger partial charge in [-0.15, -0.1) is 12.4 Å². The van der Waals surface area contributed by atoms with Crippen LogP contribution in [0.2, 0.25) is 0 Å². The van der Waals surface area contributed by atoms with Crippen LogP contribution >= 0.6 is 12.4 Å². The third-order valence-electron chi connectivity index (χ3n) is 5.88. The molecule has 1 amide bonds. The van der Waals surface area contributed by atoms with Gasteiger partial charge in [0.2, 0.25) is 15.9 Å². The Bertz CT molecular complexity index is 790. The molecule has 1 aromatic carbocycles. The molecule has 0 radical (unpaired) electrons. The van der Waals surface area contributed by atoms with E-state index in [9.17, 15) is 13.2 Å². The maximum absolute atomic E-state index is 13.0. The zero-order chi connectivity index (χ0) is 16.9. The van der Waals surface area contributed by atoms with Gasteiger partial charge in [-0.25, -0.2) is 13.1 Å². The van der Waals surface area contributed by atoms with E-state index in [-0.39, 0.29) is 34.5 Å². The summed E-state index contributed by atoms with van der Waals surface area (Å²) in [4.78, 5) is 15.0. The minimum absolute atomic E-state index is 0. The summed E-state index contributed by atoms with van der Waals surface area (Å²) in [6, 6.07) is 5.09. The number of carbonyl (C=O) groups is 1. The summed E-state index contributed by atoms with van der Waals surface area (Å²) < 4.78 is 26.4. The fraction of sp³-hybridized carbons (Fsp3) is 0.588. The number of nitrogens with one attached hydrogen (secondary N) is 2. The summed E-state index contributed by atoms with van der Waals surface area (Å²) in [5.74, 6) is 0.282. The van der Waals surface area contributed by atoms with Crippen molar-refractivity contribution in [3.05, 3.63) is 23.8 Å². The molecular formula is C17H24ClN3O3S. The van der Waals surface area contributed by atoms with Crippen molar-refractivity contribution in [2.45, 2.75) is 30.6 Å². The van der Waals surface area contributed by atoms with Gasteiger partial charge in [0.25, 0.3) is 0 Å². The fourth-order valence-corrected chi connectivity index (χ4v) is 4.98. The second-order valence-electron chi connectivity index (χ2n) is 7.11. The van der Waals surface area contributed by atoms with E-state index < -0.39 is 10.0 Å². The van der Waals surface area contributed by atoms with E-state index in [4.69, 9.17) is 0 Å². The third kappa shape index (κ3) is 3.07. The van der Waals surface area contributed by atoms with E-state index in [1.807, 2.05) is 11.0 Å². The third-order valence-corrected chi connectivity index (χ3v) is 7.30. The van der Waals surface area contributed by atoms with Crippen LogP contribution in [0.3, 0.4) is 0 Å². The first-order valence-corrected chi connectivity index (χ1v) is 10.0. The van der Waals surface area contributed by atoms with Crippen molar-refractivity contribution in [1.82, 2.24) is 10.0 Å². The van der Waals surface area contributed by atoms with Crippen molar-refractivity contribution in [2.75, 3.05) is 31.6 Å². The number of carbonyl (C=O) groups excluding carboxylic acids is 1. The second kappa shape index (κ2) is 6.54. The number of benzene rings is 1. The molecule has 1 saturated carbocycles. The second-order valence-corrected chi connectivity index (χ2v) is 8.99. The predicted molar refractivity (Wildman–Crippen MR) is 98.6 cm³/mol. The largest absolute Gasteiger partial charge is 0.317 e. The van der Waals surface area contributed by atoms with Gasteiger partial charge < -0.3 is 10.2 Å². The minimum atomic E-state index is -3.50. The van der Waals surface area contributed by atoms with Crippen LogP contribution in [0.25, 0.3) is 0 Å². The first kappa shape index (κ1) is 18.6. The Morgan fingerprint density at radius 2 is 2.04 bits per heavy atom. The van der Waals surface area contributed by atoms with Gasteiger partial charge in [0.1, 0.15) is 0 Å². The minimum Gasteiger partial charge on any atom is -0.317 e. The van der Waals surface area contributed by atoms with Gasteiger partial charge in [0.05, 0.1) is 4.90 Å². The molecule has 1 unspecified atom stereocenters. The first-order valence-electron chi connectivity index (χ1n) is 8.55. The Labute approximate surface area is 154 Å². The van der Waals surface area contributed by atoms with E-state index >= 15 is 0 Å². The molecule has 2 aliphatic heterocycles. The molecule has 138 valence electrons. The summed E-state index contributed by atoms with van der Waals surface area (Å²) in [6.07, 6.45) is 3.91. The van der Waals surface area contributed by atoms with Crippen LogP contribution in [0.4, 0.5) is 5.69 Å². The topological polar surface area (TPSA) is 78.5 Å². The molecule has 1 spiro atoms. The van der Waals surface area contributed by atoms with E-state index in [1.165, 1.54) is 7.05 Å². The van der Waals surface area contributed by atoms with Crippen LogP contribution in [0.5, 0.6) is 0 Å². The van der Waals surface area contributed by atoms with E-state index in [0.29, 0.717) is 6.54 Å². The molecule has 1 aromatic rings. The average molecular weight is 386 g/mol. The van der Waals surface area contributed by atoms with Crippen molar-refractivity contribution in [1.29, 1.82) is 0 Å². The van der Waals surface area contributed by atoms with Crippen molar-refractivity contribution in [3.63, 3.8) is 0 Å². The number of fused-ring (bicyclic) bond motifs is 1. The SMILES string of the molecule is CNS(=O)(=O)c1ccc2c(c1)N(C(=O)C1CC13CCNCC3)CC2.Cl. The highest BCUT2D eigenvalue weighted by Crippen LogP contribution is 2.59. The Kier molecular flexibility index (Phi) is 4.87. The molecule has 4 rings (SSSR count). The quantitative estimate of drug-likeness (QED) is 0.822. The van der Waals surface area contributed by atoms with E-state index in [0.717, 1.165) is 50.0 Å². The highest BCUT2D eigenvalue weighted by atomic mass is 35.5. The van der Waals surface area contributed by atoms with Gasteiger partial charge in [-0.1, -0.05) is 6.07 Å². The molecular weight excluding hydrogens is 362 g/mol. The number of hydrogen-bond donors (Lipinski definition) is 2. The maximum atomic E-state index is 13.0. The smallest absolute Gasteiger partial charge is 0.240 e.